The fourth-order valence-corrected chi connectivity index (χ4v) is 0.468. The first kappa shape index (κ1) is 13.7. The van der Waals surface area contributed by atoms with Gasteiger partial charge in [0.1, 0.15) is 0 Å². The lowest BCUT2D eigenvalue weighted by Crippen LogP contribution is -1.74. The van der Waals surface area contributed by atoms with Gasteiger partial charge in [-0.2, -0.15) is 0 Å². The Morgan fingerprint density at radius 1 is 1.42 bits per heavy atom. The SMILES string of the molecule is CC(C)C=CO.CCC=C(C)O. The first-order valence-electron chi connectivity index (χ1n) is 4.21. The number of hydrogen-bond acceptors (Lipinski definition) is 2. The van der Waals surface area contributed by atoms with Crippen molar-refractivity contribution in [1.29, 1.82) is 0 Å². The average Bonchev–Trinajstić information content (AvgIpc) is 1.87. The minimum absolute atomic E-state index is 0.414. The third-order valence-corrected chi connectivity index (χ3v) is 0.971. The van der Waals surface area contributed by atoms with E-state index >= 15 is 0 Å². The monoisotopic (exact) mass is 172 g/mol. The van der Waals surface area contributed by atoms with Crippen LogP contribution < -0.4 is 0 Å². The number of allylic oxidation sites excluding steroid dienone is 3. The highest BCUT2D eigenvalue weighted by Crippen LogP contribution is 1.89. The van der Waals surface area contributed by atoms with Crippen LogP contribution in [0.1, 0.15) is 34.1 Å². The van der Waals surface area contributed by atoms with Crippen molar-refractivity contribution in [2.24, 2.45) is 5.92 Å². The molecule has 12 heavy (non-hydrogen) atoms. The summed E-state index contributed by atoms with van der Waals surface area (Å²) < 4.78 is 0. The normalized spacial score (nSPS) is 11.6. The first-order valence-corrected chi connectivity index (χ1v) is 4.21. The molecule has 0 aromatic rings. The van der Waals surface area contributed by atoms with E-state index in [1.54, 1.807) is 19.1 Å². The van der Waals surface area contributed by atoms with Crippen LogP contribution in [0.3, 0.4) is 0 Å². The second-order valence-corrected chi connectivity index (χ2v) is 2.84. The fraction of sp³-hybridized carbons (Fsp3) is 0.600. The number of hydrogen-bond donors (Lipinski definition) is 2. The van der Waals surface area contributed by atoms with Crippen LogP contribution in [-0.4, -0.2) is 10.2 Å². The maximum Gasteiger partial charge on any atom is 0.0851 e. The van der Waals surface area contributed by atoms with Crippen LogP contribution in [-0.2, 0) is 0 Å². The Kier molecular flexibility index (Phi) is 11.5. The molecule has 0 bridgehead atoms. The fourth-order valence-electron chi connectivity index (χ4n) is 0.468. The van der Waals surface area contributed by atoms with Crippen molar-refractivity contribution in [1.82, 2.24) is 0 Å². The van der Waals surface area contributed by atoms with E-state index in [1.807, 2.05) is 20.8 Å². The van der Waals surface area contributed by atoms with Gasteiger partial charge >= 0.3 is 0 Å². The molecule has 0 amide bonds. The maximum atomic E-state index is 8.41. The van der Waals surface area contributed by atoms with Crippen LogP contribution in [0.25, 0.3) is 0 Å². The van der Waals surface area contributed by atoms with Crippen molar-refractivity contribution in [3.63, 3.8) is 0 Å². The Morgan fingerprint density at radius 3 is 1.92 bits per heavy atom. The van der Waals surface area contributed by atoms with E-state index in [2.05, 4.69) is 0 Å². The highest BCUT2D eigenvalue weighted by atomic mass is 16.3. The molecule has 0 aromatic heterocycles. The van der Waals surface area contributed by atoms with Gasteiger partial charge in [-0.05, 0) is 31.4 Å². The van der Waals surface area contributed by atoms with Gasteiger partial charge in [0.2, 0.25) is 0 Å². The third-order valence-electron chi connectivity index (χ3n) is 0.971. The summed E-state index contributed by atoms with van der Waals surface area (Å²) in [6, 6.07) is 0. The lowest BCUT2D eigenvalue weighted by Gasteiger charge is -1.86. The van der Waals surface area contributed by atoms with Crippen LogP contribution in [0.2, 0.25) is 0 Å². The highest BCUT2D eigenvalue weighted by molar-refractivity contribution is 4.83. The van der Waals surface area contributed by atoms with Crippen molar-refractivity contribution in [2.75, 3.05) is 0 Å². The van der Waals surface area contributed by atoms with E-state index in [0.29, 0.717) is 11.7 Å². The summed E-state index contributed by atoms with van der Waals surface area (Å²) in [7, 11) is 0. The minimum atomic E-state index is 0.414. The largest absolute Gasteiger partial charge is 0.516 e. The van der Waals surface area contributed by atoms with Gasteiger partial charge in [-0.15, -0.1) is 0 Å². The zero-order valence-electron chi connectivity index (χ0n) is 8.41. The zero-order valence-corrected chi connectivity index (χ0v) is 8.41. The zero-order chi connectivity index (χ0) is 9.98. The molecule has 72 valence electrons. The predicted molar refractivity (Wildman–Crippen MR) is 53.3 cm³/mol. The summed E-state index contributed by atoms with van der Waals surface area (Å²) >= 11 is 0. The molecule has 0 aliphatic rings. The molecular weight excluding hydrogens is 152 g/mol. The molecule has 2 nitrogen and oxygen atoms in total. The van der Waals surface area contributed by atoms with Crippen LogP contribution in [0.4, 0.5) is 0 Å². The van der Waals surface area contributed by atoms with E-state index in [4.69, 9.17) is 10.2 Å². The lowest BCUT2D eigenvalue weighted by molar-refractivity contribution is 0.412. The minimum Gasteiger partial charge on any atom is -0.516 e. The van der Waals surface area contributed by atoms with Gasteiger partial charge in [-0.3, -0.25) is 0 Å². The smallest absolute Gasteiger partial charge is 0.0851 e. The van der Waals surface area contributed by atoms with E-state index in [1.165, 1.54) is 0 Å². The topological polar surface area (TPSA) is 40.5 Å². The molecule has 0 saturated heterocycles. The van der Waals surface area contributed by atoms with Gasteiger partial charge in [-0.25, -0.2) is 0 Å². The van der Waals surface area contributed by atoms with E-state index < -0.39 is 0 Å². The van der Waals surface area contributed by atoms with Gasteiger partial charge in [-0.1, -0.05) is 20.8 Å². The molecule has 0 spiro atoms. The van der Waals surface area contributed by atoms with E-state index in [-0.39, 0.29) is 0 Å². The van der Waals surface area contributed by atoms with Crippen molar-refractivity contribution in [2.45, 2.75) is 34.1 Å². The molecule has 0 aliphatic heterocycles. The van der Waals surface area contributed by atoms with Crippen LogP contribution in [0.15, 0.2) is 24.2 Å². The van der Waals surface area contributed by atoms with Crippen molar-refractivity contribution >= 4 is 0 Å². The molecule has 0 aromatic carbocycles. The average molecular weight is 172 g/mol. The van der Waals surface area contributed by atoms with Crippen LogP contribution >= 0.6 is 0 Å². The number of rotatable bonds is 2. The summed E-state index contributed by atoms with van der Waals surface area (Å²) in [5, 5.41) is 16.5. The molecule has 0 fully saturated rings. The Morgan fingerprint density at radius 2 is 1.92 bits per heavy atom. The van der Waals surface area contributed by atoms with Gasteiger partial charge in [0, 0.05) is 0 Å². The molecule has 0 radical (unpaired) electrons. The van der Waals surface area contributed by atoms with Gasteiger partial charge in [0.05, 0.1) is 12.0 Å². The first-order chi connectivity index (χ1) is 5.54. The Bertz CT molecular complexity index is 131. The molecule has 0 unspecified atom stereocenters. The summed E-state index contributed by atoms with van der Waals surface area (Å²) in [4.78, 5) is 0. The number of aliphatic hydroxyl groups excluding tert-OH is 2. The van der Waals surface area contributed by atoms with Crippen LogP contribution in [0, 0.1) is 5.92 Å². The Labute approximate surface area is 75.2 Å². The molecular formula is C10H20O2. The Balaban J connectivity index is 0. The summed E-state index contributed by atoms with van der Waals surface area (Å²) in [6.45, 7) is 7.67. The molecule has 0 heterocycles. The Hall–Kier alpha value is -0.920. The predicted octanol–water partition coefficient (Wildman–Crippen LogP) is 3.57. The highest BCUT2D eigenvalue weighted by Gasteiger charge is 1.77. The van der Waals surface area contributed by atoms with E-state index in [9.17, 15) is 0 Å². The molecule has 0 atom stereocenters. The second kappa shape index (κ2) is 10.1. The van der Waals surface area contributed by atoms with Gasteiger partial charge < -0.3 is 10.2 Å². The van der Waals surface area contributed by atoms with E-state index in [0.717, 1.165) is 12.7 Å². The summed E-state index contributed by atoms with van der Waals surface area (Å²) in [6.07, 6.45) is 5.48. The maximum absolute atomic E-state index is 8.41. The lowest BCUT2D eigenvalue weighted by atomic mass is 10.2. The summed E-state index contributed by atoms with van der Waals surface area (Å²) in [5.74, 6) is 0.882. The third kappa shape index (κ3) is 23.0. The molecule has 0 aliphatic carbocycles. The number of aliphatic hydroxyl groups is 2. The van der Waals surface area contributed by atoms with Crippen LogP contribution in [0.5, 0.6) is 0 Å². The quantitative estimate of drug-likeness (QED) is 0.625. The summed E-state index contributed by atoms with van der Waals surface area (Å²) in [5.41, 5.74) is 0. The van der Waals surface area contributed by atoms with Crippen molar-refractivity contribution < 1.29 is 10.2 Å². The molecule has 2 heteroatoms. The molecule has 2 N–H and O–H groups in total. The molecule has 0 rings (SSSR count). The van der Waals surface area contributed by atoms with Crippen molar-refractivity contribution in [3.8, 4) is 0 Å². The van der Waals surface area contributed by atoms with Crippen molar-refractivity contribution in [3.05, 3.63) is 24.2 Å². The standard InChI is InChI=1S/2C5H10O/c1-5(2)3-4-6;1-3-4-5(2)6/h3-6H,1-2H3;4,6H,3H2,1-2H3. The van der Waals surface area contributed by atoms with Gasteiger partial charge in [0.25, 0.3) is 0 Å². The second-order valence-electron chi connectivity index (χ2n) is 2.84. The molecule has 0 saturated carbocycles. The van der Waals surface area contributed by atoms with Gasteiger partial charge in [0.15, 0.2) is 0 Å².